The van der Waals surface area contributed by atoms with E-state index in [4.69, 9.17) is 16.3 Å². The Hall–Kier alpha value is -1.88. The highest BCUT2D eigenvalue weighted by Crippen LogP contribution is 2.39. The van der Waals surface area contributed by atoms with Gasteiger partial charge in [-0.25, -0.2) is 4.79 Å². The number of hydrogen-bond acceptors (Lipinski definition) is 4. The van der Waals surface area contributed by atoms with Crippen LogP contribution in [0.2, 0.25) is 5.02 Å². The summed E-state index contributed by atoms with van der Waals surface area (Å²) in [6.07, 6.45) is -0.842. The summed E-state index contributed by atoms with van der Waals surface area (Å²) in [4.78, 5) is 12.8. The predicted molar refractivity (Wildman–Crippen MR) is 93.4 cm³/mol. The van der Waals surface area contributed by atoms with Gasteiger partial charge in [0.2, 0.25) is 0 Å². The molecule has 0 amide bonds. The van der Waals surface area contributed by atoms with Crippen LogP contribution in [-0.4, -0.2) is 18.2 Å². The summed E-state index contributed by atoms with van der Waals surface area (Å²) in [6.45, 7) is 1.96. The number of ether oxygens (including phenoxy) is 1. The monoisotopic (exact) mass is 346 g/mol. The zero-order chi connectivity index (χ0) is 16.6. The Morgan fingerprint density at radius 3 is 2.70 bits per heavy atom. The lowest BCUT2D eigenvalue weighted by Crippen LogP contribution is -2.03. The Labute approximate surface area is 143 Å². The van der Waals surface area contributed by atoms with Gasteiger partial charge in [0.05, 0.1) is 12.7 Å². The molecule has 0 aliphatic rings. The van der Waals surface area contributed by atoms with E-state index in [1.54, 1.807) is 35.6 Å². The van der Waals surface area contributed by atoms with Gasteiger partial charge in [-0.1, -0.05) is 29.8 Å². The van der Waals surface area contributed by atoms with Crippen molar-refractivity contribution in [3.63, 3.8) is 0 Å². The topological polar surface area (TPSA) is 46.5 Å². The molecule has 1 atom stereocenters. The molecule has 0 aliphatic heterocycles. The van der Waals surface area contributed by atoms with Crippen molar-refractivity contribution >= 4 is 39.0 Å². The number of benzene rings is 2. The molecule has 3 rings (SSSR count). The normalized spacial score (nSPS) is 12.3. The number of methoxy groups -OCH3 is 1. The molecule has 0 radical (unpaired) electrons. The van der Waals surface area contributed by atoms with Crippen LogP contribution in [0.5, 0.6) is 0 Å². The van der Waals surface area contributed by atoms with Crippen molar-refractivity contribution in [1.29, 1.82) is 0 Å². The average molecular weight is 347 g/mol. The number of aryl methyl sites for hydroxylation is 1. The minimum atomic E-state index is -0.842. The molecule has 1 N–H and O–H groups in total. The van der Waals surface area contributed by atoms with Gasteiger partial charge >= 0.3 is 5.97 Å². The number of aliphatic hydroxyl groups excluding tert-OH is 1. The maximum Gasteiger partial charge on any atom is 0.337 e. The summed E-state index contributed by atoms with van der Waals surface area (Å²) in [5.41, 5.74) is 1.90. The van der Waals surface area contributed by atoms with Crippen LogP contribution in [0.25, 0.3) is 10.1 Å². The van der Waals surface area contributed by atoms with Crippen LogP contribution in [0.15, 0.2) is 42.5 Å². The number of thiophene rings is 1. The lowest BCUT2D eigenvalue weighted by molar-refractivity contribution is 0.0601. The fraction of sp³-hybridized carbons (Fsp3) is 0.167. The van der Waals surface area contributed by atoms with E-state index in [0.717, 1.165) is 20.5 Å². The Morgan fingerprint density at radius 1 is 1.26 bits per heavy atom. The van der Waals surface area contributed by atoms with Gasteiger partial charge in [0.1, 0.15) is 6.10 Å². The molecule has 0 spiro atoms. The maximum absolute atomic E-state index is 11.8. The lowest BCUT2D eigenvalue weighted by atomic mass is 9.98. The summed E-state index contributed by atoms with van der Waals surface area (Å²) in [5.74, 6) is -0.395. The number of carbonyl (C=O) groups excluding carboxylic acids is 1. The van der Waals surface area contributed by atoms with Crippen LogP contribution in [0, 0.1) is 6.92 Å². The van der Waals surface area contributed by atoms with Gasteiger partial charge < -0.3 is 9.84 Å². The molecular formula is C18H15ClO3S. The summed E-state index contributed by atoms with van der Waals surface area (Å²) < 4.78 is 5.79. The molecule has 0 bridgehead atoms. The highest BCUT2D eigenvalue weighted by atomic mass is 35.5. The number of aliphatic hydroxyl groups is 1. The second kappa shape index (κ2) is 6.32. The van der Waals surface area contributed by atoms with Crippen molar-refractivity contribution in [3.05, 3.63) is 69.1 Å². The molecule has 118 valence electrons. The smallest absolute Gasteiger partial charge is 0.337 e. The van der Waals surface area contributed by atoms with Crippen molar-refractivity contribution in [3.8, 4) is 0 Å². The first-order chi connectivity index (χ1) is 11.0. The molecule has 3 nitrogen and oxygen atoms in total. The van der Waals surface area contributed by atoms with Gasteiger partial charge in [0, 0.05) is 25.7 Å². The first-order valence-electron chi connectivity index (χ1n) is 7.06. The largest absolute Gasteiger partial charge is 0.465 e. The molecule has 1 unspecified atom stereocenters. The Morgan fingerprint density at radius 2 is 2.00 bits per heavy atom. The van der Waals surface area contributed by atoms with E-state index in [0.29, 0.717) is 16.1 Å². The highest BCUT2D eigenvalue weighted by Gasteiger charge is 2.21. The Kier molecular flexibility index (Phi) is 4.39. The van der Waals surface area contributed by atoms with Crippen LogP contribution < -0.4 is 0 Å². The van der Waals surface area contributed by atoms with E-state index in [1.807, 2.05) is 25.1 Å². The van der Waals surface area contributed by atoms with Crippen LogP contribution in [0.3, 0.4) is 0 Å². The fourth-order valence-electron chi connectivity index (χ4n) is 2.68. The van der Waals surface area contributed by atoms with E-state index < -0.39 is 12.1 Å². The van der Waals surface area contributed by atoms with Crippen molar-refractivity contribution in [2.75, 3.05) is 7.11 Å². The van der Waals surface area contributed by atoms with Gasteiger partial charge in [0.25, 0.3) is 0 Å². The summed E-state index contributed by atoms with van der Waals surface area (Å²) in [6, 6.07) is 12.6. The number of rotatable bonds is 3. The minimum absolute atomic E-state index is 0.395. The van der Waals surface area contributed by atoms with Crippen molar-refractivity contribution in [2.45, 2.75) is 13.0 Å². The van der Waals surface area contributed by atoms with Gasteiger partial charge in [-0.3, -0.25) is 0 Å². The number of halogens is 1. The molecule has 0 saturated carbocycles. The quantitative estimate of drug-likeness (QED) is 0.697. The highest BCUT2D eigenvalue weighted by molar-refractivity contribution is 7.19. The lowest BCUT2D eigenvalue weighted by Gasteiger charge is -2.14. The van der Waals surface area contributed by atoms with Gasteiger partial charge in [-0.15, -0.1) is 11.3 Å². The first kappa shape index (κ1) is 16.0. The number of carbonyl (C=O) groups is 1. The Balaban J connectivity index is 2.18. The summed E-state index contributed by atoms with van der Waals surface area (Å²) >= 11 is 7.79. The second-order valence-corrected chi connectivity index (χ2v) is 6.86. The fourth-order valence-corrected chi connectivity index (χ4v) is 3.99. The molecule has 2 aromatic carbocycles. The summed E-state index contributed by atoms with van der Waals surface area (Å²) in [5, 5.41) is 12.2. The molecule has 0 aliphatic carbocycles. The first-order valence-corrected chi connectivity index (χ1v) is 8.26. The van der Waals surface area contributed by atoms with Gasteiger partial charge in [-0.2, -0.15) is 0 Å². The molecule has 0 saturated heterocycles. The maximum atomic E-state index is 11.8. The molecule has 3 aromatic rings. The Bertz CT molecular complexity index is 885. The standard InChI is InChI=1S/C18H15ClO3S/c1-10-16(17(20)12-5-3-4-6-14(12)19)13-9-11(18(21)22-2)7-8-15(13)23-10/h3-9,17,20H,1-2H3. The van der Waals surface area contributed by atoms with Crippen molar-refractivity contribution < 1.29 is 14.6 Å². The van der Waals surface area contributed by atoms with E-state index >= 15 is 0 Å². The molecule has 0 fully saturated rings. The number of hydrogen-bond donors (Lipinski definition) is 1. The molecule has 23 heavy (non-hydrogen) atoms. The zero-order valence-electron chi connectivity index (χ0n) is 12.7. The second-order valence-electron chi connectivity index (χ2n) is 5.20. The SMILES string of the molecule is COC(=O)c1ccc2sc(C)c(C(O)c3ccccc3Cl)c2c1. The van der Waals surface area contributed by atoms with Crippen LogP contribution in [0.4, 0.5) is 0 Å². The third kappa shape index (κ3) is 2.85. The average Bonchev–Trinajstić information content (AvgIpc) is 2.88. The van der Waals surface area contributed by atoms with Crippen LogP contribution in [0.1, 0.15) is 32.5 Å². The summed E-state index contributed by atoms with van der Waals surface area (Å²) in [7, 11) is 1.35. The number of fused-ring (bicyclic) bond motifs is 1. The van der Waals surface area contributed by atoms with Crippen LogP contribution in [-0.2, 0) is 4.74 Å². The van der Waals surface area contributed by atoms with Gasteiger partial charge in [0.15, 0.2) is 0 Å². The third-order valence-corrected chi connectivity index (χ3v) is 5.25. The molecule has 1 aromatic heterocycles. The van der Waals surface area contributed by atoms with E-state index in [2.05, 4.69) is 0 Å². The van der Waals surface area contributed by atoms with E-state index in [1.165, 1.54) is 7.11 Å². The molecule has 1 heterocycles. The molecular weight excluding hydrogens is 332 g/mol. The van der Waals surface area contributed by atoms with Crippen molar-refractivity contribution in [2.24, 2.45) is 0 Å². The van der Waals surface area contributed by atoms with Crippen molar-refractivity contribution in [1.82, 2.24) is 0 Å². The predicted octanol–water partition coefficient (Wildman–Crippen LogP) is 4.73. The third-order valence-electron chi connectivity index (χ3n) is 3.81. The van der Waals surface area contributed by atoms with E-state index in [-0.39, 0.29) is 0 Å². The van der Waals surface area contributed by atoms with E-state index in [9.17, 15) is 9.90 Å². The minimum Gasteiger partial charge on any atom is -0.465 e. The zero-order valence-corrected chi connectivity index (χ0v) is 14.2. The van der Waals surface area contributed by atoms with Crippen LogP contribution >= 0.6 is 22.9 Å². The number of esters is 1. The molecule has 5 heteroatoms. The van der Waals surface area contributed by atoms with Gasteiger partial charge in [-0.05, 0) is 36.6 Å².